The summed E-state index contributed by atoms with van der Waals surface area (Å²) < 4.78 is 30.2. The van der Waals surface area contributed by atoms with E-state index < -0.39 is 17.4 Å². The number of nitrogens with one attached hydrogen (secondary N) is 1. The zero-order chi connectivity index (χ0) is 23.4. The lowest BCUT2D eigenvalue weighted by molar-refractivity contribution is 0.0136. The van der Waals surface area contributed by atoms with Crippen LogP contribution in [0.25, 0.3) is 6.08 Å². The van der Waals surface area contributed by atoms with Crippen LogP contribution >= 0.6 is 0 Å². The fourth-order valence-corrected chi connectivity index (χ4v) is 3.34. The van der Waals surface area contributed by atoms with Crippen LogP contribution in [0.15, 0.2) is 72.8 Å². The van der Waals surface area contributed by atoms with Crippen LogP contribution in [0.4, 0.5) is 10.1 Å². The number of carbonyl (C=O) groups is 2. The van der Waals surface area contributed by atoms with Crippen molar-refractivity contribution in [1.29, 1.82) is 0 Å². The number of hydrogen-bond acceptors (Lipinski definition) is 5. The zero-order valence-electron chi connectivity index (χ0n) is 18.1. The second-order valence-corrected chi connectivity index (χ2v) is 7.74. The number of amides is 1. The van der Waals surface area contributed by atoms with Crippen LogP contribution < -0.4 is 14.8 Å². The maximum atomic E-state index is 13.8. The van der Waals surface area contributed by atoms with Gasteiger partial charge in [0.2, 0.25) is 0 Å². The van der Waals surface area contributed by atoms with Gasteiger partial charge in [0.15, 0.2) is 5.60 Å². The normalized spacial score (nSPS) is 16.3. The first kappa shape index (κ1) is 22.1. The Morgan fingerprint density at radius 1 is 1.06 bits per heavy atom. The number of rotatable bonds is 6. The molecule has 0 radical (unpaired) electrons. The minimum atomic E-state index is -0.915. The van der Waals surface area contributed by atoms with E-state index >= 15 is 0 Å². The third kappa shape index (κ3) is 5.03. The Bertz CT molecular complexity index is 1220. The molecule has 1 aliphatic heterocycles. The number of halogens is 1. The van der Waals surface area contributed by atoms with Crippen LogP contribution in [-0.4, -0.2) is 31.2 Å². The molecule has 1 amide bonds. The molecule has 0 bridgehead atoms. The zero-order valence-corrected chi connectivity index (χ0v) is 18.1. The molecule has 6 nitrogen and oxygen atoms in total. The van der Waals surface area contributed by atoms with Crippen molar-refractivity contribution in [3.63, 3.8) is 0 Å². The lowest BCUT2D eigenvalue weighted by Gasteiger charge is -2.31. The highest BCUT2D eigenvalue weighted by atomic mass is 19.1. The van der Waals surface area contributed by atoms with Crippen LogP contribution in [0.3, 0.4) is 0 Å². The molecule has 1 unspecified atom stereocenters. The number of anilines is 1. The minimum Gasteiger partial charge on any atom is -0.497 e. The van der Waals surface area contributed by atoms with Gasteiger partial charge in [-0.3, -0.25) is 4.79 Å². The molecule has 0 spiro atoms. The summed E-state index contributed by atoms with van der Waals surface area (Å²) in [6.45, 7) is 1.67. The van der Waals surface area contributed by atoms with Crippen molar-refractivity contribution >= 4 is 23.6 Å². The molecule has 1 heterocycles. The van der Waals surface area contributed by atoms with Gasteiger partial charge in [-0.15, -0.1) is 0 Å². The molecule has 168 valence electrons. The molecular weight excluding hydrogens is 425 g/mol. The Kier molecular flexibility index (Phi) is 6.13. The van der Waals surface area contributed by atoms with Gasteiger partial charge in [-0.25, -0.2) is 9.18 Å². The fraction of sp³-hybridized carbons (Fsp3) is 0.154. The van der Waals surface area contributed by atoms with Crippen LogP contribution in [0.1, 0.15) is 33.2 Å². The Morgan fingerprint density at radius 3 is 2.55 bits per heavy atom. The molecule has 0 aliphatic carbocycles. The number of benzene rings is 3. The van der Waals surface area contributed by atoms with Gasteiger partial charge in [0.25, 0.3) is 5.91 Å². The first-order valence-corrected chi connectivity index (χ1v) is 10.3. The van der Waals surface area contributed by atoms with Crippen LogP contribution in [-0.2, 0) is 4.74 Å². The summed E-state index contributed by atoms with van der Waals surface area (Å²) in [5.74, 6) is -0.395. The van der Waals surface area contributed by atoms with Crippen LogP contribution in [0, 0.1) is 5.82 Å². The first-order valence-electron chi connectivity index (χ1n) is 10.3. The van der Waals surface area contributed by atoms with E-state index in [-0.39, 0.29) is 18.1 Å². The first-order chi connectivity index (χ1) is 15.9. The molecule has 4 rings (SSSR count). The molecule has 1 atom stereocenters. The fourth-order valence-electron chi connectivity index (χ4n) is 3.34. The summed E-state index contributed by atoms with van der Waals surface area (Å²) in [5.41, 5.74) is 0.836. The van der Waals surface area contributed by atoms with Gasteiger partial charge in [0.05, 0.1) is 12.7 Å². The molecule has 3 aromatic carbocycles. The summed E-state index contributed by atoms with van der Waals surface area (Å²) in [6, 6.07) is 17.7. The third-order valence-electron chi connectivity index (χ3n) is 5.16. The lowest BCUT2D eigenvalue weighted by Crippen LogP contribution is -2.38. The smallest absolute Gasteiger partial charge is 0.341 e. The van der Waals surface area contributed by atoms with Crippen molar-refractivity contribution in [3.8, 4) is 11.5 Å². The summed E-state index contributed by atoms with van der Waals surface area (Å²) >= 11 is 0. The third-order valence-corrected chi connectivity index (χ3v) is 5.16. The van der Waals surface area contributed by atoms with Gasteiger partial charge < -0.3 is 19.5 Å². The van der Waals surface area contributed by atoms with Crippen molar-refractivity contribution in [3.05, 3.63) is 95.3 Å². The standard InChI is InChI=1S/C26H22FNO5/c1-26(16-32-25(30)21-5-3-4-6-22(21)27)14-13-18-15-19(9-12-23(18)33-26)28-24(29)17-7-10-20(31-2)11-8-17/h3-15H,16H2,1-2H3,(H,28,29). The molecule has 7 heteroatoms. The summed E-state index contributed by atoms with van der Waals surface area (Å²) in [5, 5.41) is 2.86. The van der Waals surface area contributed by atoms with E-state index in [0.29, 0.717) is 22.7 Å². The maximum Gasteiger partial charge on any atom is 0.341 e. The molecule has 3 aromatic rings. The number of carbonyl (C=O) groups excluding carboxylic acids is 2. The predicted molar refractivity (Wildman–Crippen MR) is 122 cm³/mol. The van der Waals surface area contributed by atoms with Gasteiger partial charge in [-0.1, -0.05) is 18.2 Å². The Morgan fingerprint density at radius 2 is 1.82 bits per heavy atom. The number of ether oxygens (including phenoxy) is 3. The highest BCUT2D eigenvalue weighted by molar-refractivity contribution is 6.04. The van der Waals surface area contributed by atoms with Crippen molar-refractivity contribution in [2.45, 2.75) is 12.5 Å². The highest BCUT2D eigenvalue weighted by Crippen LogP contribution is 2.33. The number of fused-ring (bicyclic) bond motifs is 1. The van der Waals surface area contributed by atoms with E-state index in [1.54, 1.807) is 68.6 Å². The van der Waals surface area contributed by atoms with Gasteiger partial charge in [-0.2, -0.15) is 0 Å². The van der Waals surface area contributed by atoms with E-state index in [0.717, 1.165) is 5.56 Å². The highest BCUT2D eigenvalue weighted by Gasteiger charge is 2.30. The molecule has 0 saturated heterocycles. The molecule has 33 heavy (non-hydrogen) atoms. The second-order valence-electron chi connectivity index (χ2n) is 7.74. The predicted octanol–water partition coefficient (Wildman–Crippen LogP) is 5.11. The van der Waals surface area contributed by atoms with E-state index in [4.69, 9.17) is 14.2 Å². The second kappa shape index (κ2) is 9.16. The molecular formula is C26H22FNO5. The topological polar surface area (TPSA) is 73.9 Å². The molecule has 0 saturated carbocycles. The summed E-state index contributed by atoms with van der Waals surface area (Å²) in [7, 11) is 1.57. The van der Waals surface area contributed by atoms with Crippen molar-refractivity contribution < 1.29 is 28.2 Å². The Balaban J connectivity index is 1.40. The van der Waals surface area contributed by atoms with E-state index in [1.807, 2.05) is 6.08 Å². The average Bonchev–Trinajstić information content (AvgIpc) is 2.83. The van der Waals surface area contributed by atoms with Gasteiger partial charge in [0, 0.05) is 16.8 Å². The van der Waals surface area contributed by atoms with Crippen molar-refractivity contribution in [2.75, 3.05) is 19.0 Å². The van der Waals surface area contributed by atoms with Gasteiger partial charge >= 0.3 is 5.97 Å². The van der Waals surface area contributed by atoms with Gasteiger partial charge in [-0.05, 0) is 67.6 Å². The maximum absolute atomic E-state index is 13.8. The molecule has 0 fully saturated rings. The Labute approximate surface area is 190 Å². The molecule has 1 aliphatic rings. The summed E-state index contributed by atoms with van der Waals surface area (Å²) in [4.78, 5) is 24.7. The van der Waals surface area contributed by atoms with Crippen LogP contribution in [0.2, 0.25) is 0 Å². The summed E-state index contributed by atoms with van der Waals surface area (Å²) in [6.07, 6.45) is 3.60. The number of methoxy groups -OCH3 is 1. The van der Waals surface area contributed by atoms with Crippen molar-refractivity contribution in [2.24, 2.45) is 0 Å². The van der Waals surface area contributed by atoms with E-state index in [9.17, 15) is 14.0 Å². The number of esters is 1. The minimum absolute atomic E-state index is 0.0912. The van der Waals surface area contributed by atoms with Crippen LogP contribution in [0.5, 0.6) is 11.5 Å². The monoisotopic (exact) mass is 447 g/mol. The molecule has 0 aromatic heterocycles. The largest absolute Gasteiger partial charge is 0.497 e. The van der Waals surface area contributed by atoms with E-state index in [1.165, 1.54) is 18.2 Å². The van der Waals surface area contributed by atoms with E-state index in [2.05, 4.69) is 5.32 Å². The number of hydrogen-bond donors (Lipinski definition) is 1. The average molecular weight is 447 g/mol. The Hall–Kier alpha value is -4.13. The van der Waals surface area contributed by atoms with Gasteiger partial charge in [0.1, 0.15) is 23.9 Å². The SMILES string of the molecule is COc1ccc(C(=O)Nc2ccc3c(c2)C=CC(C)(COC(=O)c2ccccc2F)O3)cc1. The quantitative estimate of drug-likeness (QED) is 0.532. The molecule has 1 N–H and O–H groups in total. The lowest BCUT2D eigenvalue weighted by atomic mass is 10.0. The van der Waals surface area contributed by atoms with Crippen molar-refractivity contribution in [1.82, 2.24) is 0 Å².